The minimum absolute atomic E-state index is 0.0328. The highest BCUT2D eigenvalue weighted by molar-refractivity contribution is 7.47. The quantitative estimate of drug-likeness (QED) is 0.700. The zero-order chi connectivity index (χ0) is 9.26. The molecule has 2 aromatic rings. The zero-order valence-electron chi connectivity index (χ0n) is 6.26. The monoisotopic (exact) mass is 193 g/mol. The van der Waals surface area contributed by atoms with Crippen LogP contribution < -0.4 is 0 Å². The molecule has 0 fully saturated rings. The van der Waals surface area contributed by atoms with Gasteiger partial charge in [0.2, 0.25) is 5.82 Å². The summed E-state index contributed by atoms with van der Waals surface area (Å²) in [6.45, 7) is 0. The molecule has 2 heterocycles. The molecule has 0 bridgehead atoms. The maximum absolute atomic E-state index is 10.9. The maximum Gasteiger partial charge on any atom is 0.326 e. The largest absolute Gasteiger partial charge is 0.342 e. The van der Waals surface area contributed by atoms with Crippen LogP contribution in [0, 0.1) is 0 Å². The van der Waals surface area contributed by atoms with Gasteiger partial charge in [-0.15, -0.1) is 4.36 Å². The molecule has 2 rings (SSSR count). The molecule has 0 unspecified atom stereocenters. The number of hydrogen-bond donors (Lipinski definition) is 1. The number of carbonyl (C=O) groups excluding carboxylic acids is 1. The molecule has 0 spiro atoms. The lowest BCUT2D eigenvalue weighted by atomic mass is 10.5. The van der Waals surface area contributed by atoms with Crippen molar-refractivity contribution in [3.63, 3.8) is 0 Å². The predicted molar refractivity (Wildman–Crippen MR) is 45.8 cm³/mol. The van der Waals surface area contributed by atoms with Crippen molar-refractivity contribution in [3.8, 4) is 0 Å². The number of carbonyl (C=O) groups is 1. The van der Waals surface area contributed by atoms with Crippen molar-refractivity contribution in [2.24, 2.45) is 4.36 Å². The summed E-state index contributed by atoms with van der Waals surface area (Å²) in [5.41, 5.74) is 1.10. The summed E-state index contributed by atoms with van der Waals surface area (Å²) in [6, 6.07) is 0. The summed E-state index contributed by atoms with van der Waals surface area (Å²) < 4.78 is 3.03. The van der Waals surface area contributed by atoms with E-state index in [1.807, 2.05) is 0 Å². The first-order chi connectivity index (χ1) is 6.31. The third kappa shape index (κ3) is 1.29. The van der Waals surface area contributed by atoms with Crippen molar-refractivity contribution in [3.05, 3.63) is 18.3 Å². The highest BCUT2D eigenvalue weighted by atomic mass is 32.1. The van der Waals surface area contributed by atoms with Crippen LogP contribution in [0.4, 0.5) is 0 Å². The molecular formula is C6H3N5OS. The molecule has 0 atom stereocenters. The Morgan fingerprint density at radius 3 is 3.15 bits per heavy atom. The number of H-pyrrole nitrogens is 1. The van der Waals surface area contributed by atoms with Gasteiger partial charge in [0.15, 0.2) is 5.65 Å². The van der Waals surface area contributed by atoms with Crippen molar-refractivity contribution in [1.82, 2.24) is 19.9 Å². The number of imidazole rings is 1. The van der Waals surface area contributed by atoms with E-state index in [1.54, 1.807) is 0 Å². The van der Waals surface area contributed by atoms with Gasteiger partial charge in [-0.3, -0.25) is 4.79 Å². The van der Waals surface area contributed by atoms with Crippen LogP contribution in [0.3, 0.4) is 0 Å². The molecule has 0 saturated carbocycles. The number of nitrogens with one attached hydrogen (secondary N) is 1. The highest BCUT2D eigenvalue weighted by Gasteiger charge is 2.08. The van der Waals surface area contributed by atoms with Crippen molar-refractivity contribution >= 4 is 29.5 Å². The number of nitrogens with zero attached hydrogens (tertiary/aromatic N) is 4. The Bertz CT molecular complexity index is 479. The van der Waals surface area contributed by atoms with Crippen LogP contribution in [-0.2, 0) is 12.4 Å². The van der Waals surface area contributed by atoms with Gasteiger partial charge >= 0.3 is 5.91 Å². The molecule has 0 radical (unpaired) electrons. The molecule has 2 aromatic heterocycles. The average molecular weight is 193 g/mol. The van der Waals surface area contributed by atoms with E-state index in [9.17, 15) is 4.79 Å². The van der Waals surface area contributed by atoms with E-state index in [2.05, 4.69) is 36.7 Å². The molecule has 0 aromatic carbocycles. The molecule has 6 nitrogen and oxygen atoms in total. The first kappa shape index (κ1) is 7.87. The Morgan fingerprint density at radius 2 is 2.38 bits per heavy atom. The van der Waals surface area contributed by atoms with E-state index in [1.165, 1.54) is 12.5 Å². The minimum Gasteiger partial charge on any atom is -0.342 e. The molecule has 13 heavy (non-hydrogen) atoms. The smallest absolute Gasteiger partial charge is 0.326 e. The predicted octanol–water partition coefficient (Wildman–Crippen LogP) is 0.224. The van der Waals surface area contributed by atoms with E-state index in [0.29, 0.717) is 11.2 Å². The molecule has 1 amide bonds. The Labute approximate surface area is 77.6 Å². The fourth-order valence-electron chi connectivity index (χ4n) is 0.880. The van der Waals surface area contributed by atoms with Crippen molar-refractivity contribution < 1.29 is 4.79 Å². The van der Waals surface area contributed by atoms with E-state index >= 15 is 0 Å². The highest BCUT2D eigenvalue weighted by Crippen LogP contribution is 2.04. The van der Waals surface area contributed by atoms with E-state index in [4.69, 9.17) is 0 Å². The van der Waals surface area contributed by atoms with Crippen molar-refractivity contribution in [2.75, 3.05) is 0 Å². The Hall–Kier alpha value is -1.76. The number of aromatic amines is 1. The third-order valence-electron chi connectivity index (χ3n) is 1.45. The fraction of sp³-hybridized carbons (Fsp3) is 0. The molecule has 0 aliphatic rings. The number of fused-ring (bicyclic) bond motifs is 1. The number of hydrogen-bond acceptors (Lipinski definition) is 5. The van der Waals surface area contributed by atoms with E-state index in [0.717, 1.165) is 0 Å². The number of aromatic nitrogens is 4. The van der Waals surface area contributed by atoms with Crippen LogP contribution in [-0.4, -0.2) is 25.8 Å². The summed E-state index contributed by atoms with van der Waals surface area (Å²) >= 11 is 4.23. The molecular weight excluding hydrogens is 190 g/mol. The van der Waals surface area contributed by atoms with Crippen LogP contribution in [0.1, 0.15) is 10.6 Å². The normalized spacial score (nSPS) is 10.2. The second-order valence-corrected chi connectivity index (χ2v) is 2.41. The molecule has 0 aliphatic heterocycles. The second-order valence-electron chi connectivity index (χ2n) is 2.23. The van der Waals surface area contributed by atoms with Gasteiger partial charge in [-0.05, 0) is 0 Å². The van der Waals surface area contributed by atoms with Crippen LogP contribution in [0.15, 0.2) is 16.9 Å². The lowest BCUT2D eigenvalue weighted by Crippen LogP contribution is -2.01. The van der Waals surface area contributed by atoms with Crippen LogP contribution in [0.5, 0.6) is 0 Å². The average Bonchev–Trinajstić information content (AvgIpc) is 2.63. The number of amides is 1. The maximum atomic E-state index is 10.9. The summed E-state index contributed by atoms with van der Waals surface area (Å²) in [6.07, 6.45) is 2.93. The minimum atomic E-state index is -0.625. The van der Waals surface area contributed by atoms with Gasteiger partial charge < -0.3 is 4.98 Å². The lowest BCUT2D eigenvalue weighted by Gasteiger charge is -1.90. The zero-order valence-corrected chi connectivity index (χ0v) is 7.08. The van der Waals surface area contributed by atoms with Gasteiger partial charge in [0.25, 0.3) is 0 Å². The second kappa shape index (κ2) is 2.94. The van der Waals surface area contributed by atoms with Gasteiger partial charge in [-0.25, -0.2) is 15.0 Å². The fourth-order valence-corrected chi connectivity index (χ4v) is 0.962. The van der Waals surface area contributed by atoms with Crippen molar-refractivity contribution in [1.29, 1.82) is 0 Å². The lowest BCUT2D eigenvalue weighted by molar-refractivity contribution is 0.0996. The van der Waals surface area contributed by atoms with Crippen LogP contribution in [0.25, 0.3) is 11.2 Å². The topological polar surface area (TPSA) is 83.9 Å². The summed E-state index contributed by atoms with van der Waals surface area (Å²) in [5.74, 6) is -0.658. The van der Waals surface area contributed by atoms with Gasteiger partial charge in [-0.1, -0.05) is 0 Å². The standard InChI is InChI=1S/C6H3N5OS/c12-6(11-13)5-7-1-3-4(10-5)9-2-8-3/h1-2H,(H,7,8,9,10). The molecule has 64 valence electrons. The van der Waals surface area contributed by atoms with E-state index in [-0.39, 0.29) is 5.82 Å². The van der Waals surface area contributed by atoms with Gasteiger partial charge in [0.05, 0.1) is 12.5 Å². The van der Waals surface area contributed by atoms with Gasteiger partial charge in [0, 0.05) is 12.4 Å². The first-order valence-corrected chi connectivity index (χ1v) is 3.71. The molecule has 7 heteroatoms. The van der Waals surface area contributed by atoms with Gasteiger partial charge in [-0.2, -0.15) is 0 Å². The van der Waals surface area contributed by atoms with Crippen molar-refractivity contribution in [2.45, 2.75) is 0 Å². The molecule has 0 saturated heterocycles. The van der Waals surface area contributed by atoms with E-state index < -0.39 is 5.91 Å². The first-order valence-electron chi connectivity index (χ1n) is 3.35. The Kier molecular flexibility index (Phi) is 1.78. The third-order valence-corrected chi connectivity index (χ3v) is 1.62. The SMILES string of the molecule is O=C(N=S)c1ncc2[nH]cnc2n1. The molecule has 0 aliphatic carbocycles. The van der Waals surface area contributed by atoms with Gasteiger partial charge in [0.1, 0.15) is 5.52 Å². The Morgan fingerprint density at radius 1 is 1.54 bits per heavy atom. The summed E-state index contributed by atoms with van der Waals surface area (Å²) in [4.78, 5) is 25.2. The van der Waals surface area contributed by atoms with Crippen LogP contribution >= 0.6 is 0 Å². The number of rotatable bonds is 1. The summed E-state index contributed by atoms with van der Waals surface area (Å²) in [5, 5.41) is 0. The molecule has 1 N–H and O–H groups in total. The summed E-state index contributed by atoms with van der Waals surface area (Å²) in [7, 11) is 0. The Balaban J connectivity index is 2.60. The van der Waals surface area contributed by atoms with Crippen LogP contribution in [0.2, 0.25) is 0 Å².